The Kier molecular flexibility index (Phi) is 4.56. The molecule has 0 radical (unpaired) electrons. The van der Waals surface area contributed by atoms with Gasteiger partial charge in [0.15, 0.2) is 0 Å². The third-order valence-corrected chi connectivity index (χ3v) is 6.19. The van der Waals surface area contributed by atoms with Gasteiger partial charge in [0.25, 0.3) is 5.91 Å². The zero-order chi connectivity index (χ0) is 18.1. The minimum Gasteiger partial charge on any atom is -0.354 e. The van der Waals surface area contributed by atoms with E-state index >= 15 is 0 Å². The van der Waals surface area contributed by atoms with Crippen LogP contribution in [-0.4, -0.2) is 65.1 Å². The highest BCUT2D eigenvalue weighted by atomic mass is 16.2. The number of hydrogen-bond donors (Lipinski definition) is 1. The molecule has 3 heterocycles. The summed E-state index contributed by atoms with van der Waals surface area (Å²) < 4.78 is 0. The van der Waals surface area contributed by atoms with Gasteiger partial charge in [0.05, 0.1) is 6.67 Å². The van der Waals surface area contributed by atoms with Crippen LogP contribution in [0.25, 0.3) is 0 Å². The topological polar surface area (TPSA) is 68.8 Å². The van der Waals surface area contributed by atoms with E-state index in [0.29, 0.717) is 6.67 Å². The van der Waals surface area contributed by atoms with Crippen molar-refractivity contribution in [1.29, 1.82) is 0 Å². The van der Waals surface area contributed by atoms with Crippen LogP contribution < -0.4 is 10.2 Å². The molecule has 0 unspecified atom stereocenters. The Morgan fingerprint density at radius 1 is 1.19 bits per heavy atom. The maximum absolute atomic E-state index is 13.1. The first-order chi connectivity index (χ1) is 12.6. The molecule has 1 aliphatic carbocycles. The molecule has 1 aromatic rings. The average molecular weight is 357 g/mol. The van der Waals surface area contributed by atoms with Gasteiger partial charge in [-0.25, -0.2) is 14.7 Å². The van der Waals surface area contributed by atoms with Crippen LogP contribution in [0.4, 0.5) is 10.6 Å². The van der Waals surface area contributed by atoms with Gasteiger partial charge in [-0.1, -0.05) is 25.8 Å². The summed E-state index contributed by atoms with van der Waals surface area (Å²) in [5, 5.41) is 3.03. The number of nitrogens with one attached hydrogen (secondary N) is 1. The Hall–Kier alpha value is -2.15. The Bertz CT molecular complexity index is 674. The number of carbonyl (C=O) groups excluding carboxylic acids is 2. The van der Waals surface area contributed by atoms with Crippen molar-refractivity contribution < 1.29 is 9.59 Å². The van der Waals surface area contributed by atoms with E-state index in [0.717, 1.165) is 57.7 Å². The number of nitrogens with zero attached hydrogens (tertiary/aromatic N) is 4. The van der Waals surface area contributed by atoms with E-state index < -0.39 is 5.54 Å². The molecule has 0 bridgehead atoms. The highest BCUT2D eigenvalue weighted by molar-refractivity contribution is 6.07. The molecular weight excluding hydrogens is 330 g/mol. The highest BCUT2D eigenvalue weighted by Crippen LogP contribution is 2.38. The van der Waals surface area contributed by atoms with Gasteiger partial charge in [0, 0.05) is 32.4 Å². The van der Waals surface area contributed by atoms with E-state index in [4.69, 9.17) is 0 Å². The first kappa shape index (κ1) is 17.3. The van der Waals surface area contributed by atoms with Crippen LogP contribution in [0.3, 0.4) is 0 Å². The molecule has 1 N–H and O–H groups in total. The lowest BCUT2D eigenvalue weighted by atomic mass is 9.73. The van der Waals surface area contributed by atoms with Crippen molar-refractivity contribution in [2.24, 2.45) is 5.92 Å². The third kappa shape index (κ3) is 2.94. The molecule has 2 saturated heterocycles. The van der Waals surface area contributed by atoms with Crippen LogP contribution in [-0.2, 0) is 4.79 Å². The van der Waals surface area contributed by atoms with Crippen LogP contribution in [0.2, 0.25) is 0 Å². The van der Waals surface area contributed by atoms with E-state index in [1.54, 1.807) is 6.20 Å². The number of aromatic nitrogens is 1. The highest BCUT2D eigenvalue weighted by Gasteiger charge is 2.55. The predicted octanol–water partition coefficient (Wildman–Crippen LogP) is 1.66. The number of carbonyl (C=O) groups is 2. The first-order valence-corrected chi connectivity index (χ1v) is 9.62. The number of rotatable bonds is 3. The summed E-state index contributed by atoms with van der Waals surface area (Å²) in [6, 6.07) is 5.70. The Balaban J connectivity index is 1.38. The number of hydrogen-bond acceptors (Lipinski definition) is 5. The van der Waals surface area contributed by atoms with Crippen LogP contribution in [0.15, 0.2) is 24.4 Å². The molecule has 7 nitrogen and oxygen atoms in total. The molecule has 1 saturated carbocycles. The molecule has 26 heavy (non-hydrogen) atoms. The molecule has 3 aliphatic rings. The van der Waals surface area contributed by atoms with Crippen LogP contribution in [0.5, 0.6) is 0 Å². The van der Waals surface area contributed by atoms with Gasteiger partial charge in [-0.05, 0) is 30.9 Å². The predicted molar refractivity (Wildman–Crippen MR) is 98.6 cm³/mol. The monoisotopic (exact) mass is 357 g/mol. The second kappa shape index (κ2) is 6.87. The fourth-order valence-electron chi connectivity index (χ4n) is 4.48. The molecule has 3 fully saturated rings. The summed E-state index contributed by atoms with van der Waals surface area (Å²) in [5.41, 5.74) is -0.662. The maximum atomic E-state index is 13.1. The SMILES string of the molecule is C[C@@H]1CCCC[C@]12NC(=O)N(CN1CCN(c3ccccn3)CC1)C2=O. The Morgan fingerprint density at radius 3 is 2.69 bits per heavy atom. The van der Waals surface area contributed by atoms with E-state index in [1.807, 2.05) is 18.2 Å². The van der Waals surface area contributed by atoms with E-state index in [2.05, 4.69) is 27.0 Å². The lowest BCUT2D eigenvalue weighted by Gasteiger charge is -2.38. The van der Waals surface area contributed by atoms with Crippen molar-refractivity contribution in [3.8, 4) is 0 Å². The molecule has 7 heteroatoms. The number of imide groups is 1. The van der Waals surface area contributed by atoms with Crippen LogP contribution in [0, 0.1) is 5.92 Å². The third-order valence-electron chi connectivity index (χ3n) is 6.19. The van der Waals surface area contributed by atoms with Gasteiger partial charge in [0.2, 0.25) is 0 Å². The lowest BCUT2D eigenvalue weighted by molar-refractivity contribution is -0.135. The largest absolute Gasteiger partial charge is 0.354 e. The van der Waals surface area contributed by atoms with Crippen molar-refractivity contribution in [2.45, 2.75) is 38.1 Å². The molecule has 1 spiro atoms. The summed E-state index contributed by atoms with van der Waals surface area (Å²) in [6.07, 6.45) is 5.72. The standard InChI is InChI=1S/C19H27N5O2/c1-15-6-2-4-8-19(15)17(25)24(18(26)21-19)14-22-10-12-23(13-11-22)16-7-3-5-9-20-16/h3,5,7,9,15H,2,4,6,8,10-14H2,1H3,(H,21,26)/t15-,19+/m1/s1. The normalized spacial score (nSPS) is 30.1. The molecule has 3 amide bonds. The molecule has 0 aromatic carbocycles. The number of anilines is 1. The zero-order valence-corrected chi connectivity index (χ0v) is 15.4. The average Bonchev–Trinajstić information content (AvgIpc) is 2.90. The second-order valence-electron chi connectivity index (χ2n) is 7.72. The number of urea groups is 1. The van der Waals surface area contributed by atoms with Crippen molar-refractivity contribution >= 4 is 17.8 Å². The van der Waals surface area contributed by atoms with E-state index in [-0.39, 0.29) is 17.9 Å². The molecule has 2 aliphatic heterocycles. The Labute approximate surface area is 154 Å². The van der Waals surface area contributed by atoms with Crippen LogP contribution in [0.1, 0.15) is 32.6 Å². The van der Waals surface area contributed by atoms with E-state index in [1.165, 1.54) is 4.90 Å². The van der Waals surface area contributed by atoms with Gasteiger partial charge < -0.3 is 10.2 Å². The molecular formula is C19H27N5O2. The van der Waals surface area contributed by atoms with Gasteiger partial charge in [-0.2, -0.15) is 0 Å². The molecule has 1 aromatic heterocycles. The minimum absolute atomic E-state index is 0.0261. The fourth-order valence-corrected chi connectivity index (χ4v) is 4.48. The zero-order valence-electron chi connectivity index (χ0n) is 15.4. The van der Waals surface area contributed by atoms with E-state index in [9.17, 15) is 9.59 Å². The number of piperazine rings is 1. The maximum Gasteiger partial charge on any atom is 0.326 e. The number of pyridine rings is 1. The summed E-state index contributed by atoms with van der Waals surface area (Å²) >= 11 is 0. The van der Waals surface area contributed by atoms with Gasteiger partial charge in [-0.15, -0.1) is 0 Å². The second-order valence-corrected chi connectivity index (χ2v) is 7.72. The van der Waals surface area contributed by atoms with Gasteiger partial charge in [0.1, 0.15) is 11.4 Å². The number of amides is 3. The Morgan fingerprint density at radius 2 is 2.00 bits per heavy atom. The summed E-state index contributed by atoms with van der Waals surface area (Å²) in [7, 11) is 0. The quantitative estimate of drug-likeness (QED) is 0.834. The van der Waals surface area contributed by atoms with Crippen molar-refractivity contribution in [3.05, 3.63) is 24.4 Å². The summed E-state index contributed by atoms with van der Waals surface area (Å²) in [5.74, 6) is 1.16. The van der Waals surface area contributed by atoms with Crippen molar-refractivity contribution in [1.82, 2.24) is 20.1 Å². The summed E-state index contributed by atoms with van der Waals surface area (Å²) in [4.78, 5) is 35.8. The molecule has 140 valence electrons. The first-order valence-electron chi connectivity index (χ1n) is 9.62. The van der Waals surface area contributed by atoms with Crippen molar-refractivity contribution in [3.63, 3.8) is 0 Å². The molecule has 4 rings (SSSR count). The molecule has 2 atom stereocenters. The smallest absolute Gasteiger partial charge is 0.326 e. The van der Waals surface area contributed by atoms with Crippen molar-refractivity contribution in [2.75, 3.05) is 37.7 Å². The fraction of sp³-hybridized carbons (Fsp3) is 0.632. The van der Waals surface area contributed by atoms with Gasteiger partial charge >= 0.3 is 6.03 Å². The minimum atomic E-state index is -0.662. The van der Waals surface area contributed by atoms with Gasteiger partial charge in [-0.3, -0.25) is 9.69 Å². The van der Waals surface area contributed by atoms with Crippen LogP contribution >= 0.6 is 0 Å². The summed E-state index contributed by atoms with van der Waals surface area (Å²) in [6.45, 7) is 5.80. The lowest BCUT2D eigenvalue weighted by Crippen LogP contribution is -2.55.